The average Bonchev–Trinajstić information content (AvgIpc) is 2.63. The predicted molar refractivity (Wildman–Crippen MR) is 98.0 cm³/mol. The fourth-order valence-electron chi connectivity index (χ4n) is 3.89. The molecule has 0 aromatic carbocycles. The molecule has 0 bridgehead atoms. The zero-order valence-corrected chi connectivity index (χ0v) is 15.5. The zero-order valence-electron chi connectivity index (χ0n) is 15.5. The van der Waals surface area contributed by atoms with Crippen molar-refractivity contribution < 1.29 is 9.18 Å². The van der Waals surface area contributed by atoms with E-state index in [1.807, 2.05) is 30.0 Å². The number of piperazine rings is 1. The summed E-state index contributed by atoms with van der Waals surface area (Å²) in [6, 6.07) is 0.845. The van der Waals surface area contributed by atoms with E-state index in [-0.39, 0.29) is 17.4 Å². The predicted octanol–water partition coefficient (Wildman–Crippen LogP) is 0.718. The summed E-state index contributed by atoms with van der Waals surface area (Å²) in [5, 5.41) is 10.0. The van der Waals surface area contributed by atoms with E-state index in [4.69, 9.17) is 0 Å². The molecule has 8 nitrogen and oxygen atoms in total. The van der Waals surface area contributed by atoms with Crippen LogP contribution in [0.1, 0.15) is 12.6 Å². The van der Waals surface area contributed by atoms with Crippen molar-refractivity contribution in [2.24, 2.45) is 7.05 Å². The molecule has 4 rings (SSSR count). The maximum atomic E-state index is 14.3. The van der Waals surface area contributed by atoms with Gasteiger partial charge in [-0.15, -0.1) is 0 Å². The molecule has 2 aliphatic heterocycles. The lowest BCUT2D eigenvalue weighted by atomic mass is 9.99. The second-order valence-electron chi connectivity index (χ2n) is 7.22. The van der Waals surface area contributed by atoms with Gasteiger partial charge < -0.3 is 4.90 Å². The van der Waals surface area contributed by atoms with Gasteiger partial charge in [0.15, 0.2) is 6.19 Å². The molecule has 140 valence electrons. The lowest BCUT2D eigenvalue weighted by Crippen LogP contribution is -2.64. The Morgan fingerprint density at radius 2 is 1.96 bits per heavy atom. The lowest BCUT2D eigenvalue weighted by molar-refractivity contribution is -0.120. The molecule has 0 spiro atoms. The standard InChI is InChI=1S/C18H19FN6O2/c1-9-6-24-13(7-22(9)3)17(26)25(8-20)15-14(24)11-5-12(19)10(2)21-16(11)23(4)18(15)27/h5,9,13H,6-7H2,1-4H3. The summed E-state index contributed by atoms with van der Waals surface area (Å²) in [6.07, 6.45) is 1.84. The van der Waals surface area contributed by atoms with E-state index in [2.05, 4.69) is 4.98 Å². The average molecular weight is 370 g/mol. The van der Waals surface area contributed by atoms with E-state index >= 15 is 0 Å². The Balaban J connectivity index is 2.13. The van der Waals surface area contributed by atoms with Crippen molar-refractivity contribution in [3.8, 4) is 6.19 Å². The van der Waals surface area contributed by atoms with Crippen LogP contribution in [0.15, 0.2) is 10.9 Å². The smallest absolute Gasteiger partial charge is 0.279 e. The highest BCUT2D eigenvalue weighted by Crippen LogP contribution is 2.40. The first-order valence-corrected chi connectivity index (χ1v) is 8.66. The van der Waals surface area contributed by atoms with E-state index in [0.717, 1.165) is 4.90 Å². The molecule has 27 heavy (non-hydrogen) atoms. The molecular weight excluding hydrogens is 351 g/mol. The quantitative estimate of drug-likeness (QED) is 0.635. The first-order chi connectivity index (χ1) is 12.8. The van der Waals surface area contributed by atoms with Gasteiger partial charge in [0.05, 0.1) is 11.4 Å². The van der Waals surface area contributed by atoms with Crippen LogP contribution in [0.3, 0.4) is 0 Å². The summed E-state index contributed by atoms with van der Waals surface area (Å²) in [6.45, 7) is 4.45. The largest absolute Gasteiger partial charge is 0.354 e. The van der Waals surface area contributed by atoms with Crippen LogP contribution in [0.4, 0.5) is 15.8 Å². The number of carbonyl (C=O) groups is 1. The van der Waals surface area contributed by atoms with Gasteiger partial charge in [0.1, 0.15) is 23.2 Å². The number of anilines is 2. The van der Waals surface area contributed by atoms with Gasteiger partial charge in [0.2, 0.25) is 0 Å². The Morgan fingerprint density at radius 3 is 2.63 bits per heavy atom. The van der Waals surface area contributed by atoms with Crippen LogP contribution >= 0.6 is 0 Å². The highest BCUT2D eigenvalue weighted by molar-refractivity contribution is 6.12. The fourth-order valence-corrected chi connectivity index (χ4v) is 3.89. The number of carbonyl (C=O) groups excluding carboxylic acids is 1. The normalized spacial score (nSPS) is 22.6. The minimum absolute atomic E-state index is 0.0319. The number of fused-ring (bicyclic) bond motifs is 5. The summed E-state index contributed by atoms with van der Waals surface area (Å²) in [5.41, 5.74) is 0.386. The van der Waals surface area contributed by atoms with Crippen molar-refractivity contribution in [2.75, 3.05) is 29.9 Å². The second kappa shape index (κ2) is 5.76. The molecule has 2 atom stereocenters. The molecule has 2 aromatic rings. The molecule has 0 aliphatic carbocycles. The number of aryl methyl sites for hydroxylation is 2. The van der Waals surface area contributed by atoms with E-state index in [1.165, 1.54) is 24.6 Å². The van der Waals surface area contributed by atoms with Gasteiger partial charge >= 0.3 is 0 Å². The van der Waals surface area contributed by atoms with Crippen LogP contribution < -0.4 is 15.4 Å². The third-order valence-corrected chi connectivity index (χ3v) is 5.60. The van der Waals surface area contributed by atoms with Gasteiger partial charge in [-0.25, -0.2) is 14.3 Å². The number of nitrogens with zero attached hydrogens (tertiary/aromatic N) is 6. The first kappa shape index (κ1) is 17.4. The topological polar surface area (TPSA) is 85.5 Å². The minimum Gasteiger partial charge on any atom is -0.354 e. The fraction of sp³-hybridized carbons (Fsp3) is 0.444. The van der Waals surface area contributed by atoms with E-state index in [1.54, 1.807) is 0 Å². The van der Waals surface area contributed by atoms with Gasteiger partial charge in [-0.05, 0) is 27.0 Å². The molecule has 0 radical (unpaired) electrons. The Hall–Kier alpha value is -2.99. The van der Waals surface area contributed by atoms with E-state index in [0.29, 0.717) is 29.8 Å². The van der Waals surface area contributed by atoms with Gasteiger partial charge in [0.25, 0.3) is 11.5 Å². The molecular formula is C18H19FN6O2. The Kier molecular flexibility index (Phi) is 3.71. The maximum absolute atomic E-state index is 14.3. The van der Waals surface area contributed by atoms with Crippen LogP contribution in [0, 0.1) is 24.2 Å². The Bertz CT molecular complexity index is 1090. The Morgan fingerprint density at radius 1 is 1.26 bits per heavy atom. The summed E-state index contributed by atoms with van der Waals surface area (Å²) in [4.78, 5) is 34.9. The number of amides is 1. The van der Waals surface area contributed by atoms with Crippen molar-refractivity contribution in [1.29, 1.82) is 5.26 Å². The summed E-state index contributed by atoms with van der Waals surface area (Å²) in [5.74, 6) is -0.941. The Labute approximate surface area is 155 Å². The van der Waals surface area contributed by atoms with Crippen LogP contribution in [0.5, 0.6) is 0 Å². The highest BCUT2D eigenvalue weighted by Gasteiger charge is 2.45. The van der Waals surface area contributed by atoms with E-state index < -0.39 is 23.3 Å². The van der Waals surface area contributed by atoms with Crippen molar-refractivity contribution in [1.82, 2.24) is 14.5 Å². The van der Waals surface area contributed by atoms with E-state index in [9.17, 15) is 19.2 Å². The number of likely N-dealkylation sites (N-methyl/N-ethyl adjacent to an activating group) is 1. The van der Waals surface area contributed by atoms with Crippen LogP contribution in [-0.2, 0) is 11.8 Å². The molecule has 1 amide bonds. The van der Waals surface area contributed by atoms with Crippen molar-refractivity contribution >= 4 is 28.3 Å². The van der Waals surface area contributed by atoms with Gasteiger partial charge in [-0.3, -0.25) is 19.1 Å². The molecule has 1 fully saturated rings. The molecule has 4 heterocycles. The molecule has 2 unspecified atom stereocenters. The summed E-state index contributed by atoms with van der Waals surface area (Å²) < 4.78 is 15.6. The minimum atomic E-state index is -0.613. The number of pyridine rings is 2. The third-order valence-electron chi connectivity index (χ3n) is 5.60. The number of hydrogen-bond donors (Lipinski definition) is 0. The monoisotopic (exact) mass is 370 g/mol. The molecule has 0 N–H and O–H groups in total. The third kappa shape index (κ3) is 2.26. The van der Waals surface area contributed by atoms with Crippen molar-refractivity contribution in [3.63, 3.8) is 0 Å². The van der Waals surface area contributed by atoms with Crippen molar-refractivity contribution in [3.05, 3.63) is 27.9 Å². The van der Waals surface area contributed by atoms with Crippen LogP contribution in [0.25, 0.3) is 11.0 Å². The number of hydrogen-bond acceptors (Lipinski definition) is 6. The van der Waals surface area contributed by atoms with Crippen molar-refractivity contribution in [2.45, 2.75) is 25.9 Å². The van der Waals surface area contributed by atoms with Gasteiger partial charge in [-0.2, -0.15) is 5.26 Å². The SMILES string of the molecule is Cc1nc2c(cc1F)c1c(c(=O)n2C)N(C#N)C(=O)C2CN(C)C(C)CN12. The van der Waals surface area contributed by atoms with Crippen LogP contribution in [0.2, 0.25) is 0 Å². The van der Waals surface area contributed by atoms with Gasteiger partial charge in [-0.1, -0.05) is 0 Å². The zero-order chi connectivity index (χ0) is 19.6. The highest BCUT2D eigenvalue weighted by atomic mass is 19.1. The lowest BCUT2D eigenvalue weighted by Gasteiger charge is -2.48. The molecule has 0 saturated carbocycles. The summed E-state index contributed by atoms with van der Waals surface area (Å²) >= 11 is 0. The number of rotatable bonds is 0. The first-order valence-electron chi connectivity index (χ1n) is 8.66. The number of aromatic nitrogens is 2. The molecule has 2 aromatic heterocycles. The second-order valence-corrected chi connectivity index (χ2v) is 7.22. The van der Waals surface area contributed by atoms with Gasteiger partial charge in [0, 0.05) is 31.6 Å². The van der Waals surface area contributed by atoms with Crippen LogP contribution in [-0.4, -0.2) is 52.6 Å². The maximum Gasteiger partial charge on any atom is 0.279 e. The number of halogens is 1. The molecule has 9 heteroatoms. The molecule has 1 saturated heterocycles. The summed E-state index contributed by atoms with van der Waals surface area (Å²) in [7, 11) is 3.42. The number of nitriles is 1. The molecule has 2 aliphatic rings.